The Morgan fingerprint density at radius 3 is 2.11 bits per heavy atom. The summed E-state index contributed by atoms with van der Waals surface area (Å²) in [5.41, 5.74) is 4.44. The fraction of sp³-hybridized carbons (Fsp3) is 0.347. The number of hydrogen-bond donors (Lipinski definition) is 1. The summed E-state index contributed by atoms with van der Waals surface area (Å²) in [6.07, 6.45) is 1.35. The second-order valence-electron chi connectivity index (χ2n) is 15.6. The van der Waals surface area contributed by atoms with Crippen LogP contribution in [0.5, 0.6) is 11.5 Å². The number of ether oxygens (including phenoxy) is 3. The van der Waals surface area contributed by atoms with Crippen molar-refractivity contribution in [3.8, 4) is 22.6 Å². The fourth-order valence-electron chi connectivity index (χ4n) is 8.19. The van der Waals surface area contributed by atoms with E-state index >= 15 is 4.39 Å². The first-order valence-corrected chi connectivity index (χ1v) is 21.5. The Bertz CT molecular complexity index is 2220. The molecule has 5 aromatic rings. The van der Waals surface area contributed by atoms with E-state index in [9.17, 15) is 14.0 Å². The highest BCUT2D eigenvalue weighted by atomic mass is 35.5. The van der Waals surface area contributed by atoms with Gasteiger partial charge in [0.25, 0.3) is 0 Å². The lowest BCUT2D eigenvalue weighted by Gasteiger charge is -2.40. The molecule has 0 saturated carbocycles. The van der Waals surface area contributed by atoms with Crippen molar-refractivity contribution in [1.82, 2.24) is 20.0 Å². The molecule has 2 saturated heterocycles. The molecule has 0 aliphatic carbocycles. The second kappa shape index (κ2) is 21.3. The number of amides is 2. The van der Waals surface area contributed by atoms with E-state index in [1.54, 1.807) is 41.3 Å². The lowest BCUT2D eigenvalue weighted by Crippen LogP contribution is -2.58. The van der Waals surface area contributed by atoms with Crippen LogP contribution in [0.4, 0.5) is 13.6 Å². The average Bonchev–Trinajstić information content (AvgIpc) is 3.29. The normalized spacial score (nSPS) is 15.6. The average molecular weight is 851 g/mol. The van der Waals surface area contributed by atoms with E-state index in [0.717, 1.165) is 22.3 Å². The smallest absolute Gasteiger partial charge is 0.408 e. The predicted molar refractivity (Wildman–Crippen MR) is 233 cm³/mol. The number of rotatable bonds is 16. The summed E-state index contributed by atoms with van der Waals surface area (Å²) in [7, 11) is 0. The Hall–Kier alpha value is -5.49. The zero-order valence-electron chi connectivity index (χ0n) is 34.5. The molecule has 0 spiro atoms. The number of halogens is 3. The number of piperidine rings is 1. The van der Waals surface area contributed by atoms with Gasteiger partial charge < -0.3 is 29.3 Å². The van der Waals surface area contributed by atoms with E-state index in [2.05, 4.69) is 15.1 Å². The minimum atomic E-state index is -0.771. The number of nitrogens with zero attached hydrogens (tertiary/aromatic N) is 3. The Labute approximate surface area is 362 Å². The lowest BCUT2D eigenvalue weighted by molar-refractivity contribution is -0.137. The monoisotopic (exact) mass is 850 g/mol. The van der Waals surface area contributed by atoms with Crippen molar-refractivity contribution in [2.45, 2.75) is 52.0 Å². The Balaban J connectivity index is 0.983. The third-order valence-electron chi connectivity index (χ3n) is 11.6. The van der Waals surface area contributed by atoms with E-state index in [1.807, 2.05) is 79.7 Å². The number of piperazine rings is 1. The highest BCUT2D eigenvalue weighted by Crippen LogP contribution is 2.34. The molecule has 5 aromatic carbocycles. The van der Waals surface area contributed by atoms with E-state index in [0.29, 0.717) is 100 Å². The maximum Gasteiger partial charge on any atom is 0.408 e. The lowest BCUT2D eigenvalue weighted by atomic mass is 9.88. The Morgan fingerprint density at radius 2 is 1.41 bits per heavy atom. The molecule has 9 nitrogen and oxygen atoms in total. The van der Waals surface area contributed by atoms with Crippen molar-refractivity contribution in [1.29, 1.82) is 0 Å². The zero-order chi connectivity index (χ0) is 42.6. The Kier molecular flexibility index (Phi) is 15.3. The molecule has 12 heteroatoms. The van der Waals surface area contributed by atoms with Crippen LogP contribution in [0.3, 0.4) is 0 Å². The summed E-state index contributed by atoms with van der Waals surface area (Å²) in [4.78, 5) is 33.8. The predicted octanol–water partition coefficient (Wildman–Crippen LogP) is 9.16. The van der Waals surface area contributed by atoms with Gasteiger partial charge >= 0.3 is 6.09 Å². The van der Waals surface area contributed by atoms with Gasteiger partial charge in [0.05, 0.1) is 6.61 Å². The summed E-state index contributed by atoms with van der Waals surface area (Å²) < 4.78 is 48.0. The van der Waals surface area contributed by atoms with Gasteiger partial charge in [-0.15, -0.1) is 0 Å². The number of alkyl carbamates (subject to hydrolysis) is 1. The molecule has 0 unspecified atom stereocenters. The topological polar surface area (TPSA) is 83.6 Å². The summed E-state index contributed by atoms with van der Waals surface area (Å²) in [5.74, 6) is -0.278. The van der Waals surface area contributed by atoms with Crippen LogP contribution in [0.15, 0.2) is 115 Å². The SMILES string of the molecule is CCOc1cccc(F)c1CN1CCN(C(=O)[C@H](NC(=O)OCc2ccccc2)C2CCN(CCc3cc(Cl)ccc3-c3cccc(OCc4ccccc4)c3F)CC2)CC1. The van der Waals surface area contributed by atoms with Gasteiger partial charge in [0.2, 0.25) is 5.91 Å². The summed E-state index contributed by atoms with van der Waals surface area (Å²) in [6.45, 7) is 7.13. The first-order chi connectivity index (χ1) is 29.7. The summed E-state index contributed by atoms with van der Waals surface area (Å²) in [6, 6.07) is 33.9. The van der Waals surface area contributed by atoms with Crippen LogP contribution < -0.4 is 14.8 Å². The first kappa shape index (κ1) is 43.6. The Morgan fingerprint density at radius 1 is 0.738 bits per heavy atom. The van der Waals surface area contributed by atoms with Gasteiger partial charge in [-0.25, -0.2) is 13.6 Å². The standard InChI is InChI=1S/C49H53ClF2N4O5/c1-2-59-44-17-10-16-43(51)42(44)32-55-27-29-56(30-28-55)48(57)47(53-49(58)61-34-36-13-7-4-8-14-36)37-21-24-54(25-22-37)26-23-38-31-39(50)19-20-40(38)41-15-9-18-45(46(41)52)60-33-35-11-5-3-6-12-35/h3-20,31,37,47H,2,21-30,32-34H2,1H3,(H,53,58)/t47-/m1/s1. The molecule has 2 fully saturated rings. The number of nitrogens with one attached hydrogen (secondary N) is 1. The summed E-state index contributed by atoms with van der Waals surface area (Å²) >= 11 is 6.49. The van der Waals surface area contributed by atoms with Crippen LogP contribution in [0.2, 0.25) is 5.02 Å². The molecule has 7 rings (SSSR count). The van der Waals surface area contributed by atoms with Gasteiger partial charge in [0.1, 0.15) is 30.8 Å². The second-order valence-corrected chi connectivity index (χ2v) is 16.0. The molecule has 2 aliphatic rings. The van der Waals surface area contributed by atoms with Crippen molar-refractivity contribution < 1.29 is 32.6 Å². The van der Waals surface area contributed by atoms with Crippen LogP contribution in [0.25, 0.3) is 11.1 Å². The molecule has 0 radical (unpaired) electrons. The molecule has 61 heavy (non-hydrogen) atoms. The van der Waals surface area contributed by atoms with Gasteiger partial charge in [-0.05, 0) is 97.8 Å². The molecular weight excluding hydrogens is 798 g/mol. The van der Waals surface area contributed by atoms with Crippen molar-refractivity contribution in [2.75, 3.05) is 52.4 Å². The molecule has 320 valence electrons. The van der Waals surface area contributed by atoms with E-state index < -0.39 is 18.0 Å². The van der Waals surface area contributed by atoms with Crippen molar-refractivity contribution in [2.24, 2.45) is 5.92 Å². The number of benzene rings is 5. The van der Waals surface area contributed by atoms with Gasteiger partial charge in [0.15, 0.2) is 11.6 Å². The quantitative estimate of drug-likeness (QED) is 0.106. The number of hydrogen-bond acceptors (Lipinski definition) is 7. The third kappa shape index (κ3) is 11.7. The molecule has 0 bridgehead atoms. The first-order valence-electron chi connectivity index (χ1n) is 21.1. The number of carbonyl (C=O) groups excluding carboxylic acids is 2. The van der Waals surface area contributed by atoms with Crippen LogP contribution >= 0.6 is 11.6 Å². The minimum absolute atomic E-state index is 0.0882. The molecule has 0 aromatic heterocycles. The van der Waals surface area contributed by atoms with Gasteiger partial charge in [-0.2, -0.15) is 0 Å². The molecule has 1 atom stereocenters. The van der Waals surface area contributed by atoms with E-state index in [-0.39, 0.29) is 36.6 Å². The maximum atomic E-state index is 16.0. The largest absolute Gasteiger partial charge is 0.493 e. The third-order valence-corrected chi connectivity index (χ3v) is 11.8. The van der Waals surface area contributed by atoms with Crippen LogP contribution in [0.1, 0.15) is 42.0 Å². The van der Waals surface area contributed by atoms with Crippen LogP contribution in [-0.4, -0.2) is 85.2 Å². The van der Waals surface area contributed by atoms with Gasteiger partial charge in [-0.1, -0.05) is 96.5 Å². The van der Waals surface area contributed by atoms with Crippen molar-refractivity contribution in [3.63, 3.8) is 0 Å². The van der Waals surface area contributed by atoms with Crippen LogP contribution in [-0.2, 0) is 35.7 Å². The van der Waals surface area contributed by atoms with Gasteiger partial charge in [-0.3, -0.25) is 9.69 Å². The van der Waals surface area contributed by atoms with Crippen LogP contribution in [0, 0.1) is 17.6 Å². The highest BCUT2D eigenvalue weighted by molar-refractivity contribution is 6.30. The summed E-state index contributed by atoms with van der Waals surface area (Å²) in [5, 5.41) is 3.53. The van der Waals surface area contributed by atoms with Crippen molar-refractivity contribution in [3.05, 3.63) is 154 Å². The number of likely N-dealkylation sites (tertiary alicyclic amines) is 1. The van der Waals surface area contributed by atoms with E-state index in [1.165, 1.54) is 6.07 Å². The van der Waals surface area contributed by atoms with E-state index in [4.69, 9.17) is 25.8 Å². The fourth-order valence-corrected chi connectivity index (χ4v) is 8.38. The minimum Gasteiger partial charge on any atom is -0.493 e. The molecule has 2 aliphatic heterocycles. The molecular formula is C49H53ClF2N4O5. The molecule has 2 heterocycles. The van der Waals surface area contributed by atoms with Crippen molar-refractivity contribution >= 4 is 23.6 Å². The molecule has 2 amide bonds. The zero-order valence-corrected chi connectivity index (χ0v) is 35.3. The highest BCUT2D eigenvalue weighted by Gasteiger charge is 2.37. The molecule has 1 N–H and O–H groups in total. The maximum absolute atomic E-state index is 16.0. The van der Waals surface area contributed by atoms with Gasteiger partial charge in [0, 0.05) is 55.4 Å². The number of carbonyl (C=O) groups is 2.